The minimum atomic E-state index is 0.0218. The number of hydrogen-bond acceptors (Lipinski definition) is 2. The lowest BCUT2D eigenvalue weighted by Gasteiger charge is -2.22. The van der Waals surface area contributed by atoms with E-state index < -0.39 is 0 Å². The standard InChI is InChI=1S/C38H48O2/c1-6-7-10-25(2)37(40)27-12-8-11-26(15-16-27)31-23-35(36(39)24-31)30-18-20-34-29(21-30)17-19-33(34)28-13-9-14-32(22-28)38(3,4)5/h6-7,9,13-14,17-22,25-27,31,33,35H,8,10-12,15-16,23-24H2,1-5H3. The van der Waals surface area contributed by atoms with Gasteiger partial charge in [0.2, 0.25) is 0 Å². The zero-order valence-corrected chi connectivity index (χ0v) is 25.3. The van der Waals surface area contributed by atoms with E-state index in [1.54, 1.807) is 0 Å². The first-order valence-electron chi connectivity index (χ1n) is 15.8. The van der Waals surface area contributed by atoms with Crippen molar-refractivity contribution in [2.75, 3.05) is 0 Å². The van der Waals surface area contributed by atoms with Crippen molar-refractivity contribution in [2.24, 2.45) is 23.7 Å². The van der Waals surface area contributed by atoms with Crippen molar-refractivity contribution in [1.82, 2.24) is 0 Å². The van der Waals surface area contributed by atoms with E-state index in [0.29, 0.717) is 29.8 Å². The summed E-state index contributed by atoms with van der Waals surface area (Å²) in [5.41, 5.74) is 6.64. The van der Waals surface area contributed by atoms with E-state index in [4.69, 9.17) is 0 Å². The van der Waals surface area contributed by atoms with Gasteiger partial charge in [0.25, 0.3) is 0 Å². The Balaban J connectivity index is 1.24. The molecule has 0 aromatic heterocycles. The largest absolute Gasteiger partial charge is 0.299 e. The maximum atomic E-state index is 13.3. The van der Waals surface area contributed by atoms with Crippen molar-refractivity contribution >= 4 is 17.6 Å². The second-order valence-corrected chi connectivity index (χ2v) is 13.9. The van der Waals surface area contributed by atoms with Crippen molar-refractivity contribution in [1.29, 1.82) is 0 Å². The van der Waals surface area contributed by atoms with Crippen molar-refractivity contribution in [3.8, 4) is 0 Å². The Kier molecular flexibility index (Phi) is 8.64. The fourth-order valence-corrected chi connectivity index (χ4v) is 7.57. The molecule has 3 aliphatic carbocycles. The summed E-state index contributed by atoms with van der Waals surface area (Å²) in [7, 11) is 0. The molecule has 2 fully saturated rings. The number of ketones is 2. The molecule has 5 rings (SSSR count). The van der Waals surface area contributed by atoms with Gasteiger partial charge < -0.3 is 0 Å². The molecule has 40 heavy (non-hydrogen) atoms. The van der Waals surface area contributed by atoms with Crippen LogP contribution in [0.2, 0.25) is 0 Å². The van der Waals surface area contributed by atoms with Crippen LogP contribution in [0.3, 0.4) is 0 Å². The molecular weight excluding hydrogens is 488 g/mol. The minimum absolute atomic E-state index is 0.0218. The fraction of sp³-hybridized carbons (Fsp3) is 0.526. The van der Waals surface area contributed by atoms with Gasteiger partial charge in [-0.15, -0.1) is 0 Å². The number of allylic oxidation sites excluding steroid dienone is 3. The zero-order chi connectivity index (χ0) is 28.4. The molecule has 0 radical (unpaired) electrons. The van der Waals surface area contributed by atoms with E-state index >= 15 is 0 Å². The van der Waals surface area contributed by atoms with Gasteiger partial charge in [0.15, 0.2) is 0 Å². The molecule has 0 amide bonds. The Morgan fingerprint density at radius 3 is 2.60 bits per heavy atom. The molecule has 6 atom stereocenters. The highest BCUT2D eigenvalue weighted by Gasteiger charge is 2.39. The lowest BCUT2D eigenvalue weighted by Crippen LogP contribution is -2.21. The monoisotopic (exact) mass is 536 g/mol. The summed E-state index contributed by atoms with van der Waals surface area (Å²) in [5, 5.41) is 0. The SMILES string of the molecule is CC=CCC(C)C(=O)C1CCCC(C2CC(=O)C(c3ccc4c(c3)C=CC4c3cccc(C(C)(C)C)c3)C2)CC1. The van der Waals surface area contributed by atoms with E-state index in [0.717, 1.165) is 38.5 Å². The number of benzene rings is 2. The van der Waals surface area contributed by atoms with Gasteiger partial charge in [-0.25, -0.2) is 0 Å². The molecule has 2 aromatic carbocycles. The first-order chi connectivity index (χ1) is 19.2. The van der Waals surface area contributed by atoms with Crippen molar-refractivity contribution in [3.05, 3.63) is 88.5 Å². The van der Waals surface area contributed by atoms with E-state index in [2.05, 4.69) is 88.4 Å². The Bertz CT molecular complexity index is 1290. The second-order valence-electron chi connectivity index (χ2n) is 13.9. The molecule has 0 saturated heterocycles. The van der Waals surface area contributed by atoms with Crippen LogP contribution in [0.25, 0.3) is 6.08 Å². The second kappa shape index (κ2) is 12.0. The first-order valence-corrected chi connectivity index (χ1v) is 15.8. The molecule has 0 N–H and O–H groups in total. The van der Waals surface area contributed by atoms with Crippen LogP contribution in [0.4, 0.5) is 0 Å². The number of carbonyl (C=O) groups excluding carboxylic acids is 2. The lowest BCUT2D eigenvalue weighted by molar-refractivity contribution is -0.126. The summed E-state index contributed by atoms with van der Waals surface area (Å²) in [6.45, 7) is 10.9. The average molecular weight is 537 g/mol. The van der Waals surface area contributed by atoms with Crippen LogP contribution in [-0.4, -0.2) is 11.6 Å². The van der Waals surface area contributed by atoms with Gasteiger partial charge in [-0.2, -0.15) is 0 Å². The molecule has 0 spiro atoms. The van der Waals surface area contributed by atoms with Crippen LogP contribution in [0, 0.1) is 23.7 Å². The highest BCUT2D eigenvalue weighted by atomic mass is 16.1. The molecule has 2 aromatic rings. The topological polar surface area (TPSA) is 34.1 Å². The number of Topliss-reactive ketones (excluding diaryl/α,β-unsaturated/α-hetero) is 2. The van der Waals surface area contributed by atoms with Crippen LogP contribution in [0.15, 0.2) is 60.7 Å². The van der Waals surface area contributed by atoms with E-state index in [-0.39, 0.29) is 29.1 Å². The third-order valence-electron chi connectivity index (χ3n) is 10.1. The number of hydrogen-bond donors (Lipinski definition) is 0. The average Bonchev–Trinajstić information content (AvgIpc) is 3.45. The molecule has 6 unspecified atom stereocenters. The Morgan fingerprint density at radius 1 is 1.00 bits per heavy atom. The Labute approximate surface area is 242 Å². The van der Waals surface area contributed by atoms with Gasteiger partial charge in [-0.1, -0.05) is 107 Å². The highest BCUT2D eigenvalue weighted by Crippen LogP contribution is 2.46. The van der Waals surface area contributed by atoms with Crippen LogP contribution >= 0.6 is 0 Å². The maximum Gasteiger partial charge on any atom is 0.140 e. The first kappa shape index (κ1) is 28.8. The van der Waals surface area contributed by atoms with E-state index in [9.17, 15) is 9.59 Å². The number of fused-ring (bicyclic) bond motifs is 1. The van der Waals surface area contributed by atoms with E-state index in [1.165, 1.54) is 34.2 Å². The molecule has 0 aliphatic heterocycles. The quantitative estimate of drug-likeness (QED) is 0.261. The predicted molar refractivity (Wildman–Crippen MR) is 167 cm³/mol. The van der Waals surface area contributed by atoms with Crippen LogP contribution in [0.5, 0.6) is 0 Å². The van der Waals surface area contributed by atoms with Gasteiger partial charge in [0, 0.05) is 30.1 Å². The molecule has 2 saturated carbocycles. The van der Waals surface area contributed by atoms with Crippen LogP contribution < -0.4 is 0 Å². The predicted octanol–water partition coefficient (Wildman–Crippen LogP) is 9.57. The van der Waals surface area contributed by atoms with Gasteiger partial charge in [-0.3, -0.25) is 9.59 Å². The summed E-state index contributed by atoms with van der Waals surface area (Å²) in [5.74, 6) is 2.53. The number of carbonyl (C=O) groups is 2. The van der Waals surface area contributed by atoms with Crippen molar-refractivity contribution in [2.45, 2.75) is 103 Å². The molecule has 2 heteroatoms. The summed E-state index contributed by atoms with van der Waals surface area (Å²) in [6, 6.07) is 15.8. The maximum absolute atomic E-state index is 13.3. The third kappa shape index (κ3) is 6.12. The van der Waals surface area contributed by atoms with E-state index in [1.807, 2.05) is 13.0 Å². The van der Waals surface area contributed by atoms with Gasteiger partial charge >= 0.3 is 0 Å². The van der Waals surface area contributed by atoms with Gasteiger partial charge in [-0.05, 0) is 84.1 Å². The molecule has 212 valence electrons. The Hall–Kier alpha value is -2.74. The van der Waals surface area contributed by atoms with Crippen molar-refractivity contribution in [3.63, 3.8) is 0 Å². The summed E-state index contributed by atoms with van der Waals surface area (Å²) in [6.07, 6.45) is 16.7. The molecule has 0 bridgehead atoms. The molecule has 0 heterocycles. The smallest absolute Gasteiger partial charge is 0.140 e. The lowest BCUT2D eigenvalue weighted by atomic mass is 9.82. The Morgan fingerprint density at radius 2 is 1.82 bits per heavy atom. The van der Waals surface area contributed by atoms with Crippen LogP contribution in [-0.2, 0) is 15.0 Å². The van der Waals surface area contributed by atoms with Crippen LogP contribution in [0.1, 0.15) is 126 Å². The third-order valence-corrected chi connectivity index (χ3v) is 10.1. The molecule has 3 aliphatic rings. The summed E-state index contributed by atoms with van der Waals surface area (Å²) >= 11 is 0. The number of rotatable bonds is 7. The highest BCUT2D eigenvalue weighted by molar-refractivity contribution is 5.88. The molecule has 2 nitrogen and oxygen atoms in total. The summed E-state index contributed by atoms with van der Waals surface area (Å²) < 4.78 is 0. The minimum Gasteiger partial charge on any atom is -0.299 e. The van der Waals surface area contributed by atoms with Crippen molar-refractivity contribution < 1.29 is 9.59 Å². The molecular formula is C38H48O2. The van der Waals surface area contributed by atoms with Gasteiger partial charge in [0.05, 0.1) is 0 Å². The summed E-state index contributed by atoms with van der Waals surface area (Å²) in [4.78, 5) is 26.4. The zero-order valence-electron chi connectivity index (χ0n) is 25.3. The fourth-order valence-electron chi connectivity index (χ4n) is 7.57. The normalized spacial score (nSPS) is 27.6. The van der Waals surface area contributed by atoms with Gasteiger partial charge in [0.1, 0.15) is 11.6 Å².